The highest BCUT2D eigenvalue weighted by molar-refractivity contribution is 5.89. The molecular weight excluding hydrogens is 350 g/mol. The van der Waals surface area contributed by atoms with Gasteiger partial charge in [0, 0.05) is 12.2 Å². The molecule has 2 aromatic carbocycles. The molecule has 1 aliphatic heterocycles. The van der Waals surface area contributed by atoms with Crippen LogP contribution in [0.3, 0.4) is 0 Å². The normalized spacial score (nSPS) is 15.3. The summed E-state index contributed by atoms with van der Waals surface area (Å²) in [4.78, 5) is 14.8. The number of nitrogens with zero attached hydrogens (tertiary/aromatic N) is 1. The lowest BCUT2D eigenvalue weighted by molar-refractivity contribution is 0.207. The van der Waals surface area contributed by atoms with E-state index in [0.29, 0.717) is 6.54 Å². The first-order valence-electron chi connectivity index (χ1n) is 9.77. The van der Waals surface area contributed by atoms with Crippen molar-refractivity contribution in [2.75, 3.05) is 25.0 Å². The van der Waals surface area contributed by atoms with Crippen molar-refractivity contribution in [3.05, 3.63) is 78.8 Å². The number of hydrogen-bond donors (Lipinski definition) is 2. The zero-order valence-electron chi connectivity index (χ0n) is 15.8. The molecule has 1 atom stereocenters. The number of amides is 2. The van der Waals surface area contributed by atoms with Gasteiger partial charge in [-0.05, 0) is 61.3 Å². The number of urea groups is 1. The number of hydrogen-bond acceptors (Lipinski definition) is 3. The quantitative estimate of drug-likeness (QED) is 0.644. The van der Waals surface area contributed by atoms with Gasteiger partial charge in [0.1, 0.15) is 5.76 Å². The Bertz CT molecular complexity index is 870. The molecule has 0 bridgehead atoms. The molecule has 5 heteroatoms. The van der Waals surface area contributed by atoms with Crippen LogP contribution in [-0.2, 0) is 0 Å². The maximum absolute atomic E-state index is 12.4. The van der Waals surface area contributed by atoms with Gasteiger partial charge in [0.25, 0.3) is 0 Å². The summed E-state index contributed by atoms with van der Waals surface area (Å²) in [5.41, 5.74) is 3.05. The Morgan fingerprint density at radius 2 is 1.64 bits per heavy atom. The molecule has 28 heavy (non-hydrogen) atoms. The second-order valence-electron chi connectivity index (χ2n) is 7.05. The minimum absolute atomic E-state index is 0.0729. The molecule has 1 fully saturated rings. The third-order valence-corrected chi connectivity index (χ3v) is 5.16. The maximum atomic E-state index is 12.4. The fourth-order valence-corrected chi connectivity index (χ4v) is 3.69. The van der Waals surface area contributed by atoms with Crippen molar-refractivity contribution in [3.8, 4) is 11.1 Å². The lowest BCUT2D eigenvalue weighted by Gasteiger charge is -2.26. The van der Waals surface area contributed by atoms with Gasteiger partial charge in [-0.2, -0.15) is 0 Å². The Kier molecular flexibility index (Phi) is 5.73. The Hall–Kier alpha value is -3.05. The average molecular weight is 375 g/mol. The van der Waals surface area contributed by atoms with Gasteiger partial charge in [0.2, 0.25) is 0 Å². The summed E-state index contributed by atoms with van der Waals surface area (Å²) < 4.78 is 5.60. The summed E-state index contributed by atoms with van der Waals surface area (Å²) in [6.07, 6.45) is 4.07. The van der Waals surface area contributed by atoms with Crippen LogP contribution in [0.5, 0.6) is 0 Å². The van der Waals surface area contributed by atoms with E-state index in [1.165, 1.54) is 12.8 Å². The van der Waals surface area contributed by atoms with Crippen molar-refractivity contribution in [3.63, 3.8) is 0 Å². The molecule has 5 nitrogen and oxygen atoms in total. The zero-order chi connectivity index (χ0) is 19.2. The van der Waals surface area contributed by atoms with Gasteiger partial charge in [-0.3, -0.25) is 4.90 Å². The molecule has 3 aromatic rings. The van der Waals surface area contributed by atoms with Crippen LogP contribution in [0.15, 0.2) is 77.4 Å². The summed E-state index contributed by atoms with van der Waals surface area (Å²) in [5, 5.41) is 5.90. The molecule has 0 spiro atoms. The molecule has 1 aromatic heterocycles. The predicted molar refractivity (Wildman–Crippen MR) is 111 cm³/mol. The van der Waals surface area contributed by atoms with Crippen molar-refractivity contribution < 1.29 is 9.21 Å². The number of furan rings is 1. The van der Waals surface area contributed by atoms with Crippen LogP contribution in [0, 0.1) is 0 Å². The Balaban J connectivity index is 1.34. The van der Waals surface area contributed by atoms with E-state index < -0.39 is 0 Å². The van der Waals surface area contributed by atoms with Gasteiger partial charge in [-0.1, -0.05) is 42.5 Å². The summed E-state index contributed by atoms with van der Waals surface area (Å²) in [6, 6.07) is 21.8. The number of nitrogens with one attached hydrogen (secondary N) is 2. The molecule has 0 aliphatic carbocycles. The highest BCUT2D eigenvalue weighted by Crippen LogP contribution is 2.25. The fraction of sp³-hybridized carbons (Fsp3) is 0.261. The first-order chi connectivity index (χ1) is 13.8. The van der Waals surface area contributed by atoms with Crippen LogP contribution in [-0.4, -0.2) is 30.6 Å². The molecule has 1 unspecified atom stereocenters. The highest BCUT2D eigenvalue weighted by Gasteiger charge is 2.25. The van der Waals surface area contributed by atoms with E-state index in [1.807, 2.05) is 54.6 Å². The van der Waals surface area contributed by atoms with E-state index in [2.05, 4.69) is 27.7 Å². The number of carbonyl (C=O) groups excluding carboxylic acids is 1. The molecule has 2 N–H and O–H groups in total. The van der Waals surface area contributed by atoms with Crippen LogP contribution in [0.4, 0.5) is 10.5 Å². The third-order valence-electron chi connectivity index (χ3n) is 5.16. The van der Waals surface area contributed by atoms with Gasteiger partial charge in [-0.15, -0.1) is 0 Å². The molecule has 0 radical (unpaired) electrons. The van der Waals surface area contributed by atoms with Crippen molar-refractivity contribution in [2.24, 2.45) is 0 Å². The predicted octanol–water partition coefficient (Wildman–Crippen LogP) is 4.91. The molecule has 0 saturated carbocycles. The van der Waals surface area contributed by atoms with E-state index in [1.54, 1.807) is 6.26 Å². The molecule has 2 amide bonds. The van der Waals surface area contributed by atoms with Crippen LogP contribution < -0.4 is 10.6 Å². The van der Waals surface area contributed by atoms with Crippen molar-refractivity contribution in [1.29, 1.82) is 0 Å². The SMILES string of the molecule is O=C(NCC(c1ccco1)N1CCCC1)Nc1ccc(-c2ccccc2)cc1. The van der Waals surface area contributed by atoms with Gasteiger partial charge in [0.05, 0.1) is 12.3 Å². The monoisotopic (exact) mass is 375 g/mol. The van der Waals surface area contributed by atoms with Crippen LogP contribution in [0.1, 0.15) is 24.6 Å². The van der Waals surface area contributed by atoms with Crippen LogP contribution >= 0.6 is 0 Å². The molecular formula is C23H25N3O2. The summed E-state index contributed by atoms with van der Waals surface area (Å²) in [6.45, 7) is 2.59. The number of benzene rings is 2. The van der Waals surface area contributed by atoms with E-state index in [4.69, 9.17) is 4.42 Å². The van der Waals surface area contributed by atoms with Crippen molar-refractivity contribution in [1.82, 2.24) is 10.2 Å². The second kappa shape index (κ2) is 8.76. The minimum Gasteiger partial charge on any atom is -0.468 e. The molecule has 2 heterocycles. The first-order valence-corrected chi connectivity index (χ1v) is 9.77. The molecule has 144 valence electrons. The average Bonchev–Trinajstić information content (AvgIpc) is 3.44. The topological polar surface area (TPSA) is 57.5 Å². The Morgan fingerprint density at radius 3 is 2.32 bits per heavy atom. The smallest absolute Gasteiger partial charge is 0.319 e. The van der Waals surface area contributed by atoms with Crippen LogP contribution in [0.25, 0.3) is 11.1 Å². The van der Waals surface area contributed by atoms with Crippen molar-refractivity contribution in [2.45, 2.75) is 18.9 Å². The van der Waals surface area contributed by atoms with Gasteiger partial charge < -0.3 is 15.1 Å². The second-order valence-corrected chi connectivity index (χ2v) is 7.05. The van der Waals surface area contributed by atoms with E-state index >= 15 is 0 Å². The standard InChI is InChI=1S/C23H25N3O2/c27-23(24-17-21(22-9-6-16-28-22)26-14-4-5-15-26)25-20-12-10-19(11-13-20)18-7-2-1-3-8-18/h1-3,6-13,16,21H,4-5,14-15,17H2,(H2,24,25,27). The first kappa shape index (κ1) is 18.3. The number of rotatable bonds is 6. The fourth-order valence-electron chi connectivity index (χ4n) is 3.69. The van der Waals surface area contributed by atoms with E-state index in [0.717, 1.165) is 35.7 Å². The van der Waals surface area contributed by atoms with Crippen molar-refractivity contribution >= 4 is 11.7 Å². The number of anilines is 1. The Labute approximate surface area is 165 Å². The summed E-state index contributed by atoms with van der Waals surface area (Å²) >= 11 is 0. The van der Waals surface area contributed by atoms with E-state index in [-0.39, 0.29) is 12.1 Å². The highest BCUT2D eigenvalue weighted by atomic mass is 16.3. The largest absolute Gasteiger partial charge is 0.468 e. The zero-order valence-corrected chi connectivity index (χ0v) is 15.8. The lowest BCUT2D eigenvalue weighted by atomic mass is 10.1. The van der Waals surface area contributed by atoms with E-state index in [9.17, 15) is 4.79 Å². The number of likely N-dealkylation sites (tertiary alicyclic amines) is 1. The number of carbonyl (C=O) groups is 1. The molecule has 1 aliphatic rings. The maximum Gasteiger partial charge on any atom is 0.319 e. The lowest BCUT2D eigenvalue weighted by Crippen LogP contribution is -2.38. The van der Waals surface area contributed by atoms with Crippen LogP contribution in [0.2, 0.25) is 0 Å². The summed E-state index contributed by atoms with van der Waals surface area (Å²) in [7, 11) is 0. The van der Waals surface area contributed by atoms with Gasteiger partial charge in [-0.25, -0.2) is 4.79 Å². The van der Waals surface area contributed by atoms with Gasteiger partial charge >= 0.3 is 6.03 Å². The molecule has 4 rings (SSSR count). The minimum atomic E-state index is -0.205. The Morgan fingerprint density at radius 1 is 0.929 bits per heavy atom. The molecule has 1 saturated heterocycles. The summed E-state index contributed by atoms with van der Waals surface area (Å²) in [5.74, 6) is 0.898. The third kappa shape index (κ3) is 4.43. The van der Waals surface area contributed by atoms with Gasteiger partial charge in [0.15, 0.2) is 0 Å².